The van der Waals surface area contributed by atoms with E-state index in [-0.39, 0.29) is 14.9 Å². The number of likely N-dealkylation sites (N-methyl/N-ethyl adjacent to an activating group) is 1. The van der Waals surface area contributed by atoms with E-state index < -0.39 is 52.0 Å². The van der Waals surface area contributed by atoms with E-state index in [0.717, 1.165) is 12.1 Å². The molecule has 0 radical (unpaired) electrons. The summed E-state index contributed by atoms with van der Waals surface area (Å²) in [5.41, 5.74) is -0.663. The zero-order chi connectivity index (χ0) is 23.3. The van der Waals surface area contributed by atoms with Crippen molar-refractivity contribution in [1.29, 1.82) is 0 Å². The quantitative estimate of drug-likeness (QED) is 0.389. The zero-order valence-electron chi connectivity index (χ0n) is 16.8. The fourth-order valence-electron chi connectivity index (χ4n) is 2.47. The third-order valence-corrected chi connectivity index (χ3v) is 5.91. The van der Waals surface area contributed by atoms with Crippen molar-refractivity contribution in [3.63, 3.8) is 0 Å². The van der Waals surface area contributed by atoms with Gasteiger partial charge in [-0.1, -0.05) is 44.0 Å². The summed E-state index contributed by atoms with van der Waals surface area (Å²) in [4.78, 5) is 35.0. The molecule has 4 N–H and O–H groups in total. The average Bonchev–Trinajstić information content (AvgIpc) is 2.62. The maximum Gasteiger partial charge on any atom is 0.242 e. The van der Waals surface area contributed by atoms with E-state index in [1.165, 1.54) is 13.1 Å². The molecule has 0 fully saturated rings. The van der Waals surface area contributed by atoms with Crippen LogP contribution in [0.5, 0.6) is 0 Å². The number of nitrogens with one attached hydrogen (secondary N) is 3. The van der Waals surface area contributed by atoms with Crippen LogP contribution in [0.15, 0.2) is 28.3 Å². The summed E-state index contributed by atoms with van der Waals surface area (Å²) >= 11 is 11.6. The summed E-state index contributed by atoms with van der Waals surface area (Å²) in [7, 11) is -2.92. The molecule has 0 saturated heterocycles. The number of amides is 2. The minimum absolute atomic E-state index is 0.0461. The van der Waals surface area contributed by atoms with Crippen LogP contribution in [-0.2, 0) is 19.6 Å². The van der Waals surface area contributed by atoms with Crippen molar-refractivity contribution in [2.24, 2.45) is 10.6 Å². The monoisotopic (exact) mass is 482 g/mol. The molecule has 0 aliphatic rings. The molecule has 1 rings (SSSR count). The Kier molecular flexibility index (Phi) is 9.18. The largest absolute Gasteiger partial charge is 0.368 e. The third kappa shape index (κ3) is 7.47. The number of benzene rings is 1. The van der Waals surface area contributed by atoms with Gasteiger partial charge in [-0.05, 0) is 28.8 Å². The molecule has 10 nitrogen and oxygen atoms in total. The first-order valence-electron chi connectivity index (χ1n) is 8.71. The fourth-order valence-corrected chi connectivity index (χ4v) is 4.43. The van der Waals surface area contributed by atoms with Crippen molar-refractivity contribution < 1.29 is 23.1 Å². The third-order valence-electron chi connectivity index (χ3n) is 4.01. The highest BCUT2D eigenvalue weighted by atomic mass is 35.5. The Labute approximate surface area is 184 Å². The van der Waals surface area contributed by atoms with Crippen molar-refractivity contribution in [2.75, 3.05) is 7.05 Å². The summed E-state index contributed by atoms with van der Waals surface area (Å²) in [6.45, 7) is 5.16. The van der Waals surface area contributed by atoms with E-state index in [1.807, 2.05) is 0 Å². The minimum Gasteiger partial charge on any atom is -0.368 e. The van der Waals surface area contributed by atoms with Gasteiger partial charge in [0.05, 0.1) is 10.9 Å². The standard InChI is InChI=1S/C17H24Cl2N4O6S/c1-17(2,3)14(16(26)20-4)21-13(24)8-12(15(25)22-27)23-30(28,29)11-6-9(18)5-10(19)7-11/h5-7,12,14-15,23,25H,8H2,1-4H3,(H,20,26)(H,21,24). The van der Waals surface area contributed by atoms with Gasteiger partial charge >= 0.3 is 0 Å². The molecule has 2 amide bonds. The SMILES string of the molecule is CNC(=O)C(NC(=O)CC(NS(=O)(=O)c1cc(Cl)cc(Cl)c1)C(O)N=O)C(C)(C)C. The van der Waals surface area contributed by atoms with Crippen molar-refractivity contribution in [1.82, 2.24) is 15.4 Å². The smallest absolute Gasteiger partial charge is 0.242 e. The molecular formula is C17H24Cl2N4O6S. The Morgan fingerprint density at radius 1 is 1.17 bits per heavy atom. The van der Waals surface area contributed by atoms with E-state index in [1.54, 1.807) is 20.8 Å². The molecule has 30 heavy (non-hydrogen) atoms. The second-order valence-corrected chi connectivity index (χ2v) is 10.1. The predicted molar refractivity (Wildman–Crippen MR) is 112 cm³/mol. The van der Waals surface area contributed by atoms with Crippen LogP contribution < -0.4 is 15.4 Å². The lowest BCUT2D eigenvalue weighted by atomic mass is 9.86. The highest BCUT2D eigenvalue weighted by molar-refractivity contribution is 7.89. The number of carbonyl (C=O) groups is 2. The van der Waals surface area contributed by atoms with Crippen LogP contribution in [0.1, 0.15) is 27.2 Å². The van der Waals surface area contributed by atoms with Crippen molar-refractivity contribution in [2.45, 2.75) is 50.4 Å². The summed E-state index contributed by atoms with van der Waals surface area (Å²) in [6, 6.07) is 0.986. The van der Waals surface area contributed by atoms with Gasteiger partial charge < -0.3 is 15.7 Å². The van der Waals surface area contributed by atoms with Crippen molar-refractivity contribution in [3.8, 4) is 0 Å². The van der Waals surface area contributed by atoms with E-state index >= 15 is 0 Å². The lowest BCUT2D eigenvalue weighted by Crippen LogP contribution is -2.54. The first-order chi connectivity index (χ1) is 13.7. The van der Waals surface area contributed by atoms with Gasteiger partial charge in [-0.2, -0.15) is 0 Å². The molecule has 3 unspecified atom stereocenters. The van der Waals surface area contributed by atoms with Crippen molar-refractivity contribution >= 4 is 45.0 Å². The number of aliphatic hydroxyl groups is 1. The second kappa shape index (κ2) is 10.5. The number of carbonyl (C=O) groups excluding carboxylic acids is 2. The summed E-state index contributed by atoms with van der Waals surface area (Å²) < 4.78 is 27.3. The predicted octanol–water partition coefficient (Wildman–Crippen LogP) is 1.39. The zero-order valence-corrected chi connectivity index (χ0v) is 19.1. The first kappa shape index (κ1) is 26.2. The number of nitroso groups, excluding NO2 is 1. The van der Waals surface area contributed by atoms with E-state index in [2.05, 4.69) is 20.5 Å². The number of nitrogens with zero attached hydrogens (tertiary/aromatic N) is 1. The minimum atomic E-state index is -4.32. The second-order valence-electron chi connectivity index (χ2n) is 7.54. The lowest BCUT2D eigenvalue weighted by molar-refractivity contribution is -0.131. The molecule has 0 heterocycles. The summed E-state index contributed by atoms with van der Waals surface area (Å²) in [6.07, 6.45) is -2.72. The van der Waals surface area contributed by atoms with Crippen LogP contribution in [0.2, 0.25) is 10.0 Å². The molecular weight excluding hydrogens is 459 g/mol. The normalized spacial score (nSPS) is 15.0. The van der Waals surface area contributed by atoms with Crippen LogP contribution in [-0.4, -0.2) is 50.7 Å². The number of sulfonamides is 1. The van der Waals surface area contributed by atoms with Gasteiger partial charge in [-0.3, -0.25) is 9.59 Å². The van der Waals surface area contributed by atoms with Crippen LogP contribution >= 0.6 is 23.2 Å². The number of rotatable bonds is 9. The van der Waals surface area contributed by atoms with Crippen LogP contribution in [0.25, 0.3) is 0 Å². The Hall–Kier alpha value is -1.79. The molecule has 168 valence electrons. The maximum atomic E-state index is 12.6. The molecule has 0 aliphatic heterocycles. The highest BCUT2D eigenvalue weighted by Gasteiger charge is 2.34. The number of hydrogen-bond donors (Lipinski definition) is 4. The van der Waals surface area contributed by atoms with Gasteiger partial charge in [0, 0.05) is 23.5 Å². The molecule has 13 heteroatoms. The number of halogens is 2. The Balaban J connectivity index is 3.09. The molecule has 0 aromatic heterocycles. The highest BCUT2D eigenvalue weighted by Crippen LogP contribution is 2.23. The van der Waals surface area contributed by atoms with Gasteiger partial charge in [0.15, 0.2) is 0 Å². The van der Waals surface area contributed by atoms with Gasteiger partial charge in [0.1, 0.15) is 6.04 Å². The van der Waals surface area contributed by atoms with Gasteiger partial charge in [0.2, 0.25) is 28.1 Å². The Bertz CT molecular complexity index is 884. The fraction of sp³-hybridized carbons (Fsp3) is 0.529. The van der Waals surface area contributed by atoms with E-state index in [9.17, 15) is 28.0 Å². The molecule has 3 atom stereocenters. The molecule has 0 bridgehead atoms. The molecule has 1 aromatic rings. The topological polar surface area (TPSA) is 154 Å². The van der Waals surface area contributed by atoms with Crippen LogP contribution in [0.4, 0.5) is 0 Å². The maximum absolute atomic E-state index is 12.6. The van der Waals surface area contributed by atoms with Crippen molar-refractivity contribution in [3.05, 3.63) is 33.2 Å². The number of aliphatic hydroxyl groups excluding tert-OH is 1. The lowest BCUT2D eigenvalue weighted by Gasteiger charge is -2.30. The van der Waals surface area contributed by atoms with Gasteiger partial charge in [-0.15, -0.1) is 4.91 Å². The van der Waals surface area contributed by atoms with E-state index in [0.29, 0.717) is 0 Å². The molecule has 0 aliphatic carbocycles. The molecule has 1 aromatic carbocycles. The van der Waals surface area contributed by atoms with Gasteiger partial charge in [-0.25, -0.2) is 13.1 Å². The molecule has 0 saturated carbocycles. The van der Waals surface area contributed by atoms with Gasteiger partial charge in [0.25, 0.3) is 0 Å². The Morgan fingerprint density at radius 2 is 1.70 bits per heavy atom. The van der Waals surface area contributed by atoms with Crippen LogP contribution in [0.3, 0.4) is 0 Å². The number of hydrogen-bond acceptors (Lipinski definition) is 7. The summed E-state index contributed by atoms with van der Waals surface area (Å²) in [5.74, 6) is -1.24. The molecule has 0 spiro atoms. The van der Waals surface area contributed by atoms with Crippen LogP contribution in [0, 0.1) is 10.3 Å². The average molecular weight is 483 g/mol. The Morgan fingerprint density at radius 3 is 2.13 bits per heavy atom. The summed E-state index contributed by atoms with van der Waals surface area (Å²) in [5, 5.41) is 17.2. The first-order valence-corrected chi connectivity index (χ1v) is 10.9. The van der Waals surface area contributed by atoms with E-state index in [4.69, 9.17) is 23.2 Å².